The van der Waals surface area contributed by atoms with Crippen molar-refractivity contribution in [2.45, 2.75) is 11.8 Å². The van der Waals surface area contributed by atoms with Crippen LogP contribution >= 0.6 is 11.6 Å². The molecule has 0 spiro atoms. The summed E-state index contributed by atoms with van der Waals surface area (Å²) < 4.78 is 39.7. The number of halogens is 2. The minimum atomic E-state index is -3.98. The SMILES string of the molecule is CCN(c1ccc(F)cc1)S(=O)(=O)c1cc(Cl)ccc1C#N. The van der Waals surface area contributed by atoms with E-state index >= 15 is 0 Å². The maximum atomic E-state index is 13.0. The summed E-state index contributed by atoms with van der Waals surface area (Å²) in [4.78, 5) is -0.173. The molecule has 0 aliphatic carbocycles. The molecule has 2 aromatic rings. The molecule has 0 atom stereocenters. The number of anilines is 1. The lowest BCUT2D eigenvalue weighted by molar-refractivity contribution is 0.591. The summed E-state index contributed by atoms with van der Waals surface area (Å²) in [5.41, 5.74) is 0.317. The first-order chi connectivity index (χ1) is 10.4. The summed E-state index contributed by atoms with van der Waals surface area (Å²) in [7, 11) is -3.98. The molecule has 0 heterocycles. The van der Waals surface area contributed by atoms with Gasteiger partial charge in [0.05, 0.1) is 11.3 Å². The lowest BCUT2D eigenvalue weighted by Gasteiger charge is -2.23. The largest absolute Gasteiger partial charge is 0.267 e. The summed E-state index contributed by atoms with van der Waals surface area (Å²) in [6.45, 7) is 1.78. The van der Waals surface area contributed by atoms with Crippen LogP contribution in [0, 0.1) is 17.1 Å². The summed E-state index contributed by atoms with van der Waals surface area (Å²) in [5, 5.41) is 9.32. The Morgan fingerprint density at radius 1 is 1.23 bits per heavy atom. The zero-order valence-electron chi connectivity index (χ0n) is 11.6. The van der Waals surface area contributed by atoms with Gasteiger partial charge >= 0.3 is 0 Å². The Morgan fingerprint density at radius 3 is 2.41 bits per heavy atom. The highest BCUT2D eigenvalue weighted by Gasteiger charge is 2.26. The van der Waals surface area contributed by atoms with Crippen molar-refractivity contribution in [2.75, 3.05) is 10.8 Å². The molecule has 2 rings (SSSR count). The zero-order chi connectivity index (χ0) is 16.3. The van der Waals surface area contributed by atoms with Crippen molar-refractivity contribution in [1.82, 2.24) is 0 Å². The van der Waals surface area contributed by atoms with E-state index in [0.29, 0.717) is 5.69 Å². The van der Waals surface area contributed by atoms with E-state index in [1.165, 1.54) is 42.5 Å². The van der Waals surface area contributed by atoms with Crippen LogP contribution in [0.15, 0.2) is 47.4 Å². The molecule has 0 saturated heterocycles. The van der Waals surface area contributed by atoms with Crippen molar-refractivity contribution in [3.05, 3.63) is 58.9 Å². The molecule has 7 heteroatoms. The van der Waals surface area contributed by atoms with Gasteiger partial charge in [-0.3, -0.25) is 4.31 Å². The minimum Gasteiger partial charge on any atom is -0.267 e. The van der Waals surface area contributed by atoms with E-state index in [2.05, 4.69) is 0 Å². The van der Waals surface area contributed by atoms with Gasteiger partial charge in [-0.05, 0) is 49.4 Å². The van der Waals surface area contributed by atoms with Crippen LogP contribution in [0.25, 0.3) is 0 Å². The smallest absolute Gasteiger partial charge is 0.265 e. The molecule has 2 aromatic carbocycles. The molecule has 0 radical (unpaired) electrons. The van der Waals surface area contributed by atoms with Gasteiger partial charge in [-0.2, -0.15) is 5.26 Å². The first-order valence-corrected chi connectivity index (χ1v) is 8.20. The lowest BCUT2D eigenvalue weighted by atomic mass is 10.2. The Kier molecular flexibility index (Phi) is 4.69. The Hall–Kier alpha value is -2.10. The molecule has 114 valence electrons. The van der Waals surface area contributed by atoms with Crippen molar-refractivity contribution in [3.63, 3.8) is 0 Å². The molecule has 0 amide bonds. The van der Waals surface area contributed by atoms with Crippen LogP contribution in [0.4, 0.5) is 10.1 Å². The second kappa shape index (κ2) is 6.34. The van der Waals surface area contributed by atoms with E-state index in [9.17, 15) is 12.8 Å². The summed E-state index contributed by atoms with van der Waals surface area (Å²) in [6.07, 6.45) is 0. The van der Waals surface area contributed by atoms with Gasteiger partial charge in [0.25, 0.3) is 10.0 Å². The van der Waals surface area contributed by atoms with Gasteiger partial charge in [-0.1, -0.05) is 11.6 Å². The van der Waals surface area contributed by atoms with Crippen molar-refractivity contribution >= 4 is 27.3 Å². The Morgan fingerprint density at radius 2 is 1.86 bits per heavy atom. The third kappa shape index (κ3) is 3.06. The highest BCUT2D eigenvalue weighted by atomic mass is 35.5. The van der Waals surface area contributed by atoms with Crippen LogP contribution in [-0.2, 0) is 10.0 Å². The molecular formula is C15H12ClFN2O2S. The Labute approximate surface area is 133 Å². The summed E-state index contributed by atoms with van der Waals surface area (Å²) in [6, 6.07) is 11.0. The third-order valence-electron chi connectivity index (χ3n) is 3.03. The average Bonchev–Trinajstić information content (AvgIpc) is 2.49. The number of nitriles is 1. The number of rotatable bonds is 4. The molecule has 0 unspecified atom stereocenters. The first kappa shape index (κ1) is 16.3. The second-order valence-corrected chi connectivity index (χ2v) is 6.67. The van der Waals surface area contributed by atoms with E-state index in [0.717, 1.165) is 4.31 Å². The molecule has 4 nitrogen and oxygen atoms in total. The van der Waals surface area contributed by atoms with Crippen LogP contribution in [0.3, 0.4) is 0 Å². The first-order valence-electron chi connectivity index (χ1n) is 6.38. The molecule has 0 bridgehead atoms. The van der Waals surface area contributed by atoms with Crippen LogP contribution < -0.4 is 4.31 Å². The number of nitrogens with zero attached hydrogens (tertiary/aromatic N) is 2. The molecule has 0 aliphatic heterocycles. The van der Waals surface area contributed by atoms with Crippen molar-refractivity contribution in [1.29, 1.82) is 5.26 Å². The van der Waals surface area contributed by atoms with Gasteiger partial charge in [0.1, 0.15) is 16.8 Å². The van der Waals surface area contributed by atoms with E-state index in [1.54, 1.807) is 6.92 Å². The summed E-state index contributed by atoms with van der Waals surface area (Å²) in [5.74, 6) is -0.460. The lowest BCUT2D eigenvalue weighted by Crippen LogP contribution is -2.31. The zero-order valence-corrected chi connectivity index (χ0v) is 13.2. The fraction of sp³-hybridized carbons (Fsp3) is 0.133. The Balaban J connectivity index is 2.59. The minimum absolute atomic E-state index is 0.00459. The van der Waals surface area contributed by atoms with E-state index < -0.39 is 15.8 Å². The topological polar surface area (TPSA) is 61.2 Å². The van der Waals surface area contributed by atoms with Gasteiger partial charge in [-0.25, -0.2) is 12.8 Å². The fourth-order valence-corrected chi connectivity index (χ4v) is 3.90. The predicted octanol–water partition coefficient (Wildman–Crippen LogP) is 3.57. The molecular weight excluding hydrogens is 327 g/mol. The number of sulfonamides is 1. The van der Waals surface area contributed by atoms with E-state index in [4.69, 9.17) is 16.9 Å². The maximum Gasteiger partial charge on any atom is 0.265 e. The quantitative estimate of drug-likeness (QED) is 0.856. The number of hydrogen-bond acceptors (Lipinski definition) is 3. The fourth-order valence-electron chi connectivity index (χ4n) is 2.02. The van der Waals surface area contributed by atoms with Gasteiger partial charge < -0.3 is 0 Å². The van der Waals surface area contributed by atoms with Gasteiger partial charge in [-0.15, -0.1) is 0 Å². The average molecular weight is 339 g/mol. The van der Waals surface area contributed by atoms with Crippen LogP contribution in [0.1, 0.15) is 12.5 Å². The molecule has 0 aromatic heterocycles. The maximum absolute atomic E-state index is 13.0. The molecule has 0 saturated carbocycles. The van der Waals surface area contributed by atoms with Crippen LogP contribution in [-0.4, -0.2) is 15.0 Å². The Bertz CT molecular complexity index is 830. The molecule has 0 N–H and O–H groups in total. The highest BCUT2D eigenvalue weighted by molar-refractivity contribution is 7.92. The molecule has 0 aliphatic rings. The van der Waals surface area contributed by atoms with E-state index in [1.807, 2.05) is 6.07 Å². The van der Waals surface area contributed by atoms with Gasteiger partial charge in [0, 0.05) is 11.6 Å². The van der Waals surface area contributed by atoms with Crippen molar-refractivity contribution < 1.29 is 12.8 Å². The molecule has 22 heavy (non-hydrogen) atoms. The normalized spacial score (nSPS) is 11.0. The number of benzene rings is 2. The highest BCUT2D eigenvalue weighted by Crippen LogP contribution is 2.27. The second-order valence-electron chi connectivity index (χ2n) is 4.40. The number of hydrogen-bond donors (Lipinski definition) is 0. The standard InChI is InChI=1S/C15H12ClFN2O2S/c1-2-19(14-7-5-13(17)6-8-14)22(20,21)15-9-12(16)4-3-11(15)10-18/h3-9H,2H2,1H3. The van der Waals surface area contributed by atoms with Crippen molar-refractivity contribution in [3.8, 4) is 6.07 Å². The molecule has 0 fully saturated rings. The third-order valence-corrected chi connectivity index (χ3v) is 5.21. The van der Waals surface area contributed by atoms with Gasteiger partial charge in [0.2, 0.25) is 0 Å². The van der Waals surface area contributed by atoms with Crippen LogP contribution in [0.2, 0.25) is 5.02 Å². The summed E-state index contributed by atoms with van der Waals surface area (Å²) >= 11 is 5.85. The monoisotopic (exact) mass is 338 g/mol. The van der Waals surface area contributed by atoms with Crippen molar-refractivity contribution in [2.24, 2.45) is 0 Å². The van der Waals surface area contributed by atoms with E-state index in [-0.39, 0.29) is 22.0 Å². The van der Waals surface area contributed by atoms with Gasteiger partial charge in [0.15, 0.2) is 0 Å². The predicted molar refractivity (Wildman–Crippen MR) is 82.8 cm³/mol. The van der Waals surface area contributed by atoms with Crippen LogP contribution in [0.5, 0.6) is 0 Å².